The number of halogens is 1. The van der Waals surface area contributed by atoms with E-state index in [4.69, 9.17) is 0 Å². The second-order valence-corrected chi connectivity index (χ2v) is 12.2. The smallest absolute Gasteiger partial charge is 0.269 e. The molecule has 1 aromatic rings. The van der Waals surface area contributed by atoms with E-state index in [2.05, 4.69) is 33.7 Å². The molecule has 0 saturated heterocycles. The Hall–Kier alpha value is -0.723. The number of nitro benzene ring substituents is 1. The molecule has 1 aromatic carbocycles. The molecule has 0 fully saturated rings. The summed E-state index contributed by atoms with van der Waals surface area (Å²) in [5, 5.41) is 10.6. The monoisotopic (exact) mass is 346 g/mol. The van der Waals surface area contributed by atoms with E-state index in [9.17, 15) is 10.1 Å². The van der Waals surface area contributed by atoms with Gasteiger partial charge in [-0.15, -0.1) is 0 Å². The zero-order chi connectivity index (χ0) is 14.0. The van der Waals surface area contributed by atoms with Crippen LogP contribution in [0.2, 0.25) is 19.6 Å². The third-order valence-electron chi connectivity index (χ3n) is 2.66. The number of quaternary nitrogens is 1. The molecule has 0 bridgehead atoms. The minimum absolute atomic E-state index is 0. The predicted molar refractivity (Wildman–Crippen MR) is 77.1 cm³/mol. The van der Waals surface area contributed by atoms with Gasteiger partial charge in [0.15, 0.2) is 0 Å². The van der Waals surface area contributed by atoms with Crippen LogP contribution in [0.3, 0.4) is 0 Å². The highest BCUT2D eigenvalue weighted by Gasteiger charge is 2.26. The molecule has 0 atom stereocenters. The Bertz CT molecular complexity index is 427. The summed E-state index contributed by atoms with van der Waals surface area (Å²) >= 11 is 0. The molecule has 108 valence electrons. The fourth-order valence-corrected chi connectivity index (χ4v) is 5.24. The molecule has 0 N–H and O–H groups in total. The first kappa shape index (κ1) is 18.3. The number of nitro groups is 1. The van der Waals surface area contributed by atoms with Crippen molar-refractivity contribution in [3.63, 3.8) is 0 Å². The Labute approximate surface area is 127 Å². The zero-order valence-corrected chi connectivity index (χ0v) is 14.9. The predicted octanol–water partition coefficient (Wildman–Crippen LogP) is 0.0526. The first-order valence-electron chi connectivity index (χ1n) is 6.14. The van der Waals surface area contributed by atoms with E-state index >= 15 is 0 Å². The Morgan fingerprint density at radius 2 is 1.63 bits per heavy atom. The number of hydrogen-bond donors (Lipinski definition) is 0. The van der Waals surface area contributed by atoms with Gasteiger partial charge in [-0.2, -0.15) is 0 Å². The van der Waals surface area contributed by atoms with E-state index in [0.29, 0.717) is 0 Å². The van der Waals surface area contributed by atoms with Crippen molar-refractivity contribution in [2.24, 2.45) is 0 Å². The largest absolute Gasteiger partial charge is 1.00 e. The molecule has 0 spiro atoms. The van der Waals surface area contributed by atoms with Crippen molar-refractivity contribution in [2.75, 3.05) is 20.3 Å². The summed E-state index contributed by atoms with van der Waals surface area (Å²) in [5.41, 5.74) is 1.32. The van der Waals surface area contributed by atoms with Crippen LogP contribution in [0.5, 0.6) is 0 Å². The molecule has 0 amide bonds. The van der Waals surface area contributed by atoms with Gasteiger partial charge in [-0.25, -0.2) is 0 Å². The van der Waals surface area contributed by atoms with E-state index in [1.54, 1.807) is 12.1 Å². The average Bonchev–Trinajstić information content (AvgIpc) is 2.13. The summed E-state index contributed by atoms with van der Waals surface area (Å²) in [6.45, 7) is 8.01. The van der Waals surface area contributed by atoms with Gasteiger partial charge in [0.05, 0.1) is 25.2 Å². The summed E-state index contributed by atoms with van der Waals surface area (Å²) in [6, 6.07) is 6.90. The van der Waals surface area contributed by atoms with Gasteiger partial charge in [0.25, 0.3) is 5.69 Å². The molecule has 6 heteroatoms. The highest BCUT2D eigenvalue weighted by atomic mass is 79.9. The van der Waals surface area contributed by atoms with Crippen molar-refractivity contribution in [1.29, 1.82) is 0 Å². The van der Waals surface area contributed by atoms with Crippen LogP contribution >= 0.6 is 0 Å². The standard InChI is InChI=1S/C13H23N2O2Si.BrH/c1-15(2,11-18(3,4)5)10-12-6-8-13(9-7-12)14(16)17;/h6-9H,10-11H2,1-5H3;1H/q+1;/p-1. The number of nitrogens with zero attached hydrogens (tertiary/aromatic N) is 2. The molecular weight excluding hydrogens is 324 g/mol. The molecule has 0 aliphatic carbocycles. The van der Waals surface area contributed by atoms with Crippen LogP contribution in [0.15, 0.2) is 24.3 Å². The first-order chi connectivity index (χ1) is 8.09. The molecule has 0 heterocycles. The summed E-state index contributed by atoms with van der Waals surface area (Å²) < 4.78 is 0.938. The van der Waals surface area contributed by atoms with Gasteiger partial charge in [0, 0.05) is 17.7 Å². The molecule has 0 aliphatic rings. The average molecular weight is 347 g/mol. The van der Waals surface area contributed by atoms with Gasteiger partial charge < -0.3 is 21.5 Å². The van der Waals surface area contributed by atoms with Gasteiger partial charge in [-0.3, -0.25) is 10.1 Å². The lowest BCUT2D eigenvalue weighted by Crippen LogP contribution is -3.00. The second-order valence-electron chi connectivity index (χ2n) is 6.74. The van der Waals surface area contributed by atoms with Crippen molar-refractivity contribution in [3.05, 3.63) is 39.9 Å². The Kier molecular flexibility index (Phi) is 6.38. The van der Waals surface area contributed by atoms with Crippen LogP contribution in [0.4, 0.5) is 5.69 Å². The molecule has 4 nitrogen and oxygen atoms in total. The first-order valence-corrected chi connectivity index (χ1v) is 9.85. The second kappa shape index (κ2) is 6.63. The van der Waals surface area contributed by atoms with Crippen LogP contribution in [-0.4, -0.2) is 37.7 Å². The van der Waals surface area contributed by atoms with Crippen molar-refractivity contribution in [1.82, 2.24) is 0 Å². The fraction of sp³-hybridized carbons (Fsp3) is 0.538. The van der Waals surface area contributed by atoms with Crippen molar-refractivity contribution in [3.8, 4) is 0 Å². The third kappa shape index (κ3) is 6.84. The minimum atomic E-state index is -1.11. The SMILES string of the molecule is C[N+](C)(Cc1ccc([N+](=O)[O-])cc1)C[Si](C)(C)C.[Br-]. The molecule has 0 saturated carbocycles. The Morgan fingerprint density at radius 3 is 2.00 bits per heavy atom. The maximum absolute atomic E-state index is 10.6. The maximum Gasteiger partial charge on any atom is 0.269 e. The lowest BCUT2D eigenvalue weighted by atomic mass is 10.2. The lowest BCUT2D eigenvalue weighted by Gasteiger charge is -2.35. The molecule has 1 rings (SSSR count). The summed E-state index contributed by atoms with van der Waals surface area (Å²) in [7, 11) is 3.33. The highest BCUT2D eigenvalue weighted by molar-refractivity contribution is 6.75. The Morgan fingerprint density at radius 1 is 1.16 bits per heavy atom. The van der Waals surface area contributed by atoms with E-state index < -0.39 is 8.07 Å². The van der Waals surface area contributed by atoms with Crippen LogP contribution in [0.1, 0.15) is 5.56 Å². The quantitative estimate of drug-likeness (QED) is 0.327. The number of rotatable bonds is 5. The van der Waals surface area contributed by atoms with E-state index in [1.807, 2.05) is 12.1 Å². The van der Waals surface area contributed by atoms with Gasteiger partial charge in [0.1, 0.15) is 14.6 Å². The molecule has 19 heavy (non-hydrogen) atoms. The van der Waals surface area contributed by atoms with E-state index in [1.165, 1.54) is 6.17 Å². The Balaban J connectivity index is 0.00000324. The van der Waals surface area contributed by atoms with Crippen molar-refractivity contribution in [2.45, 2.75) is 26.2 Å². The van der Waals surface area contributed by atoms with E-state index in [0.717, 1.165) is 16.6 Å². The van der Waals surface area contributed by atoms with Crippen molar-refractivity contribution < 1.29 is 26.4 Å². The van der Waals surface area contributed by atoms with Gasteiger partial charge >= 0.3 is 0 Å². The van der Waals surface area contributed by atoms with Gasteiger partial charge in [0.2, 0.25) is 0 Å². The summed E-state index contributed by atoms with van der Waals surface area (Å²) in [4.78, 5) is 10.2. The molecule has 0 unspecified atom stereocenters. The fourth-order valence-electron chi connectivity index (χ4n) is 2.56. The lowest BCUT2D eigenvalue weighted by molar-refractivity contribution is -0.894. The zero-order valence-electron chi connectivity index (χ0n) is 12.3. The maximum atomic E-state index is 10.6. The number of benzene rings is 1. The molecule has 0 radical (unpaired) electrons. The number of non-ortho nitro benzene ring substituents is 1. The van der Waals surface area contributed by atoms with Crippen molar-refractivity contribution >= 4 is 13.8 Å². The van der Waals surface area contributed by atoms with Gasteiger partial charge in [-0.05, 0) is 12.1 Å². The van der Waals surface area contributed by atoms with Crippen LogP contribution in [0.25, 0.3) is 0 Å². The van der Waals surface area contributed by atoms with Gasteiger partial charge in [-0.1, -0.05) is 19.6 Å². The van der Waals surface area contributed by atoms with Crippen LogP contribution in [-0.2, 0) is 6.54 Å². The van der Waals surface area contributed by atoms with E-state index in [-0.39, 0.29) is 27.6 Å². The normalized spacial score (nSPS) is 11.8. The van der Waals surface area contributed by atoms with Crippen LogP contribution in [0, 0.1) is 10.1 Å². The molecule has 0 aromatic heterocycles. The highest BCUT2D eigenvalue weighted by Crippen LogP contribution is 2.17. The minimum Gasteiger partial charge on any atom is -1.00 e. The summed E-state index contributed by atoms with van der Waals surface area (Å²) in [6.07, 6.45) is 1.20. The number of hydrogen-bond acceptors (Lipinski definition) is 2. The summed E-state index contributed by atoms with van der Waals surface area (Å²) in [5.74, 6) is 0. The topological polar surface area (TPSA) is 43.1 Å². The third-order valence-corrected chi connectivity index (χ3v) is 4.46. The molecule has 0 aliphatic heterocycles. The molecular formula is C13H23BrN2O2Si. The van der Waals surface area contributed by atoms with Crippen LogP contribution < -0.4 is 17.0 Å².